The Morgan fingerprint density at radius 3 is 2.77 bits per heavy atom. The third-order valence-corrected chi connectivity index (χ3v) is 2.17. The van der Waals surface area contributed by atoms with Crippen molar-refractivity contribution in [1.29, 1.82) is 0 Å². The van der Waals surface area contributed by atoms with Crippen LogP contribution in [0.3, 0.4) is 0 Å². The minimum Gasteiger partial charge on any atom is -0.508 e. The molecule has 68 valence electrons. The second-order valence-corrected chi connectivity index (χ2v) is 3.30. The molecule has 0 aromatic heterocycles. The lowest BCUT2D eigenvalue weighted by atomic mass is 10.1. The molecular weight excluding hydrogens is 164 g/mol. The molecule has 2 heteroatoms. The lowest BCUT2D eigenvalue weighted by Gasteiger charge is -2.09. The highest BCUT2D eigenvalue weighted by Crippen LogP contribution is 2.31. The minimum atomic E-state index is -0.0683. The summed E-state index contributed by atoms with van der Waals surface area (Å²) in [6.07, 6.45) is 1.97. The maximum Gasteiger partial charge on any atom is 0.121 e. The van der Waals surface area contributed by atoms with Gasteiger partial charge in [0, 0.05) is 5.56 Å². The van der Waals surface area contributed by atoms with E-state index in [4.69, 9.17) is 4.74 Å². The van der Waals surface area contributed by atoms with Crippen LogP contribution in [0.15, 0.2) is 35.9 Å². The Kier molecular flexibility index (Phi) is 2.07. The van der Waals surface area contributed by atoms with Crippen LogP contribution in [0, 0.1) is 0 Å². The summed E-state index contributed by atoms with van der Waals surface area (Å²) >= 11 is 0. The number of rotatable bonds is 1. The maximum absolute atomic E-state index is 9.55. The second kappa shape index (κ2) is 3.23. The molecule has 1 aliphatic heterocycles. The molecule has 0 bridgehead atoms. The Morgan fingerprint density at radius 2 is 2.15 bits per heavy atom. The first-order chi connectivity index (χ1) is 6.27. The van der Waals surface area contributed by atoms with Gasteiger partial charge in [-0.05, 0) is 18.6 Å². The monoisotopic (exact) mass is 176 g/mol. The van der Waals surface area contributed by atoms with E-state index in [0.717, 1.165) is 5.56 Å². The van der Waals surface area contributed by atoms with Gasteiger partial charge in [-0.3, -0.25) is 0 Å². The van der Waals surface area contributed by atoms with Crippen LogP contribution in [0.25, 0.3) is 0 Å². The largest absolute Gasteiger partial charge is 0.508 e. The first kappa shape index (κ1) is 8.32. The summed E-state index contributed by atoms with van der Waals surface area (Å²) in [5.41, 5.74) is 2.06. The smallest absolute Gasteiger partial charge is 0.121 e. The molecule has 2 rings (SSSR count). The van der Waals surface area contributed by atoms with Crippen molar-refractivity contribution in [2.24, 2.45) is 0 Å². The fourth-order valence-corrected chi connectivity index (χ4v) is 1.48. The number of hydrogen-bond donors (Lipinski definition) is 1. The summed E-state index contributed by atoms with van der Waals surface area (Å²) in [6.45, 7) is 2.69. The van der Waals surface area contributed by atoms with E-state index in [1.54, 1.807) is 6.07 Å². The molecule has 0 saturated carbocycles. The zero-order chi connectivity index (χ0) is 9.26. The van der Waals surface area contributed by atoms with E-state index >= 15 is 0 Å². The number of hydrogen-bond acceptors (Lipinski definition) is 2. The van der Waals surface area contributed by atoms with Crippen LogP contribution in [0.5, 0.6) is 5.75 Å². The fraction of sp³-hybridized carbons (Fsp3) is 0.273. The Labute approximate surface area is 77.5 Å². The first-order valence-electron chi connectivity index (χ1n) is 4.34. The number of ether oxygens (including phenoxy) is 1. The van der Waals surface area contributed by atoms with Crippen molar-refractivity contribution in [2.75, 3.05) is 6.61 Å². The summed E-state index contributed by atoms with van der Waals surface area (Å²) in [4.78, 5) is 0. The third kappa shape index (κ3) is 1.58. The van der Waals surface area contributed by atoms with Gasteiger partial charge in [0.05, 0.1) is 6.61 Å². The number of aromatic hydroxyl groups is 1. The minimum absolute atomic E-state index is 0.0683. The second-order valence-electron chi connectivity index (χ2n) is 3.30. The van der Waals surface area contributed by atoms with Gasteiger partial charge in [-0.1, -0.05) is 24.3 Å². The van der Waals surface area contributed by atoms with Gasteiger partial charge in [0.1, 0.15) is 11.9 Å². The van der Waals surface area contributed by atoms with Crippen LogP contribution in [-0.4, -0.2) is 11.7 Å². The van der Waals surface area contributed by atoms with Gasteiger partial charge in [-0.15, -0.1) is 0 Å². The summed E-state index contributed by atoms with van der Waals surface area (Å²) in [5.74, 6) is 0.304. The zero-order valence-electron chi connectivity index (χ0n) is 7.53. The van der Waals surface area contributed by atoms with Gasteiger partial charge >= 0.3 is 0 Å². The van der Waals surface area contributed by atoms with E-state index in [-0.39, 0.29) is 6.10 Å². The van der Waals surface area contributed by atoms with Crippen LogP contribution in [0.1, 0.15) is 18.6 Å². The highest BCUT2D eigenvalue weighted by Gasteiger charge is 2.17. The van der Waals surface area contributed by atoms with E-state index in [2.05, 4.69) is 0 Å². The van der Waals surface area contributed by atoms with Crippen molar-refractivity contribution in [3.05, 3.63) is 41.5 Å². The van der Waals surface area contributed by atoms with Crippen LogP contribution in [0.4, 0.5) is 0 Å². The van der Waals surface area contributed by atoms with E-state index in [9.17, 15) is 5.11 Å². The van der Waals surface area contributed by atoms with Gasteiger partial charge < -0.3 is 9.84 Å². The third-order valence-electron chi connectivity index (χ3n) is 2.17. The average molecular weight is 176 g/mol. The van der Waals surface area contributed by atoms with E-state index < -0.39 is 0 Å². The molecule has 0 spiro atoms. The number of phenolic OH excluding ortho intramolecular Hbond substituents is 1. The van der Waals surface area contributed by atoms with Crippen LogP contribution in [0.2, 0.25) is 0 Å². The fourth-order valence-electron chi connectivity index (χ4n) is 1.48. The molecule has 0 radical (unpaired) electrons. The standard InChI is InChI=1S/C11H12O2/c1-8-6-11(13-7-8)9-4-2-3-5-10(9)12/h2-6,11-12H,7H2,1H3. The van der Waals surface area contributed by atoms with Gasteiger partial charge in [-0.2, -0.15) is 0 Å². The Balaban J connectivity index is 2.31. The number of phenols is 1. The number of para-hydroxylation sites is 1. The summed E-state index contributed by atoms with van der Waals surface area (Å²) < 4.78 is 5.48. The molecule has 1 atom stereocenters. The van der Waals surface area contributed by atoms with Crippen molar-refractivity contribution in [1.82, 2.24) is 0 Å². The zero-order valence-corrected chi connectivity index (χ0v) is 7.53. The summed E-state index contributed by atoms with van der Waals surface area (Å²) in [5, 5.41) is 9.55. The molecule has 1 aromatic carbocycles. The van der Waals surface area contributed by atoms with Crippen molar-refractivity contribution >= 4 is 0 Å². The first-order valence-corrected chi connectivity index (χ1v) is 4.34. The van der Waals surface area contributed by atoms with E-state index in [0.29, 0.717) is 12.4 Å². The lowest BCUT2D eigenvalue weighted by Crippen LogP contribution is -1.95. The Bertz CT molecular complexity index is 342. The molecule has 1 N–H and O–H groups in total. The molecule has 0 fully saturated rings. The Morgan fingerprint density at radius 1 is 1.38 bits per heavy atom. The molecule has 0 aliphatic carbocycles. The van der Waals surface area contributed by atoms with Crippen molar-refractivity contribution in [3.8, 4) is 5.75 Å². The Hall–Kier alpha value is -1.28. The normalized spacial score (nSPS) is 21.6. The molecule has 1 unspecified atom stereocenters. The molecule has 1 aromatic rings. The van der Waals surface area contributed by atoms with Crippen molar-refractivity contribution in [2.45, 2.75) is 13.0 Å². The molecule has 0 saturated heterocycles. The summed E-state index contributed by atoms with van der Waals surface area (Å²) in [6, 6.07) is 7.28. The lowest BCUT2D eigenvalue weighted by molar-refractivity contribution is 0.124. The predicted molar refractivity (Wildman–Crippen MR) is 50.6 cm³/mol. The quantitative estimate of drug-likeness (QED) is 0.666. The van der Waals surface area contributed by atoms with Crippen LogP contribution < -0.4 is 0 Å². The summed E-state index contributed by atoms with van der Waals surface area (Å²) in [7, 11) is 0. The number of benzene rings is 1. The van der Waals surface area contributed by atoms with E-state index in [1.807, 2.05) is 31.2 Å². The molecular formula is C11H12O2. The van der Waals surface area contributed by atoms with Gasteiger partial charge in [0.2, 0.25) is 0 Å². The SMILES string of the molecule is CC1=CC(c2ccccc2O)OC1. The maximum atomic E-state index is 9.55. The van der Waals surface area contributed by atoms with Gasteiger partial charge in [0.15, 0.2) is 0 Å². The van der Waals surface area contributed by atoms with Crippen LogP contribution >= 0.6 is 0 Å². The highest BCUT2D eigenvalue weighted by molar-refractivity contribution is 5.37. The molecule has 0 amide bonds. The predicted octanol–water partition coefficient (Wildman–Crippen LogP) is 2.41. The van der Waals surface area contributed by atoms with Gasteiger partial charge in [0.25, 0.3) is 0 Å². The van der Waals surface area contributed by atoms with Gasteiger partial charge in [-0.25, -0.2) is 0 Å². The molecule has 13 heavy (non-hydrogen) atoms. The molecule has 1 heterocycles. The highest BCUT2D eigenvalue weighted by atomic mass is 16.5. The molecule has 1 aliphatic rings. The van der Waals surface area contributed by atoms with Crippen molar-refractivity contribution in [3.63, 3.8) is 0 Å². The average Bonchev–Trinajstić information content (AvgIpc) is 2.53. The van der Waals surface area contributed by atoms with Crippen LogP contribution in [-0.2, 0) is 4.74 Å². The topological polar surface area (TPSA) is 29.5 Å². The molecule has 2 nitrogen and oxygen atoms in total. The van der Waals surface area contributed by atoms with E-state index in [1.165, 1.54) is 5.57 Å². The van der Waals surface area contributed by atoms with Crippen molar-refractivity contribution < 1.29 is 9.84 Å².